The summed E-state index contributed by atoms with van der Waals surface area (Å²) in [5.41, 5.74) is 3.03. The van der Waals surface area contributed by atoms with Crippen LogP contribution in [0.5, 0.6) is 5.75 Å². The molecule has 0 fully saturated rings. The first-order valence-electron chi connectivity index (χ1n) is 9.72. The number of phenolic OH excluding ortho intramolecular Hbond substituents is 1. The van der Waals surface area contributed by atoms with E-state index >= 15 is 0 Å². The molecule has 26 heavy (non-hydrogen) atoms. The maximum Gasteiger partial charge on any atom is 0.115 e. The Morgan fingerprint density at radius 1 is 1.08 bits per heavy atom. The molecule has 0 aliphatic heterocycles. The summed E-state index contributed by atoms with van der Waals surface area (Å²) in [6.07, 6.45) is 13.6. The van der Waals surface area contributed by atoms with Gasteiger partial charge >= 0.3 is 0 Å². The number of phenols is 1. The first-order chi connectivity index (χ1) is 12.7. The van der Waals surface area contributed by atoms with Crippen LogP contribution in [0.3, 0.4) is 0 Å². The van der Waals surface area contributed by atoms with Gasteiger partial charge in [-0.15, -0.1) is 0 Å². The maximum absolute atomic E-state index is 9.35. The standard InChI is InChI=1S/C23H31NO2/c1-3-4-8-17-26-19(2)9-6-5-7-10-20-11-16-23(24-18-20)21-12-14-22(25)15-13-21/h7,10-16,18-19,25H,3-6,8-9,17H2,1-2H3/b10-7+. The fourth-order valence-corrected chi connectivity index (χ4v) is 2.77. The molecule has 0 amide bonds. The highest BCUT2D eigenvalue weighted by Crippen LogP contribution is 2.20. The number of aromatic hydroxyl groups is 1. The van der Waals surface area contributed by atoms with Gasteiger partial charge in [0.25, 0.3) is 0 Å². The predicted molar refractivity (Wildman–Crippen MR) is 109 cm³/mol. The fraction of sp³-hybridized carbons (Fsp3) is 0.435. The zero-order valence-corrected chi connectivity index (χ0v) is 16.0. The fourth-order valence-electron chi connectivity index (χ4n) is 2.77. The van der Waals surface area contributed by atoms with Crippen molar-refractivity contribution in [2.75, 3.05) is 6.61 Å². The molecule has 0 bridgehead atoms. The zero-order chi connectivity index (χ0) is 18.6. The number of ether oxygens (including phenoxy) is 1. The van der Waals surface area contributed by atoms with Crippen LogP contribution in [0, 0.1) is 0 Å². The van der Waals surface area contributed by atoms with E-state index in [0.717, 1.165) is 42.7 Å². The summed E-state index contributed by atoms with van der Waals surface area (Å²) in [6, 6.07) is 11.2. The molecule has 3 heteroatoms. The SMILES string of the molecule is CCCCCOC(C)CCC/C=C/c1ccc(-c2ccc(O)cc2)nc1. The van der Waals surface area contributed by atoms with E-state index in [1.54, 1.807) is 12.1 Å². The Hall–Kier alpha value is -2.13. The number of hydrogen-bond donors (Lipinski definition) is 1. The molecule has 0 aliphatic rings. The minimum atomic E-state index is 0.272. The average Bonchev–Trinajstić information content (AvgIpc) is 2.66. The van der Waals surface area contributed by atoms with Gasteiger partial charge in [-0.3, -0.25) is 4.98 Å². The summed E-state index contributed by atoms with van der Waals surface area (Å²) in [5.74, 6) is 0.272. The van der Waals surface area contributed by atoms with Gasteiger partial charge in [0.15, 0.2) is 0 Å². The smallest absolute Gasteiger partial charge is 0.115 e. The molecule has 1 aromatic heterocycles. The molecule has 1 unspecified atom stereocenters. The summed E-state index contributed by atoms with van der Waals surface area (Å²) >= 11 is 0. The topological polar surface area (TPSA) is 42.4 Å². The van der Waals surface area contributed by atoms with Crippen LogP contribution in [0.25, 0.3) is 17.3 Å². The number of hydrogen-bond acceptors (Lipinski definition) is 3. The molecule has 2 aromatic rings. The van der Waals surface area contributed by atoms with Crippen LogP contribution < -0.4 is 0 Å². The molecule has 1 atom stereocenters. The number of nitrogens with zero attached hydrogens (tertiary/aromatic N) is 1. The van der Waals surface area contributed by atoms with Crippen molar-refractivity contribution >= 4 is 6.08 Å². The highest BCUT2D eigenvalue weighted by atomic mass is 16.5. The molecule has 1 N–H and O–H groups in total. The van der Waals surface area contributed by atoms with Gasteiger partial charge in [-0.05, 0) is 68.5 Å². The number of pyridine rings is 1. The first kappa shape index (κ1) is 20.2. The normalized spacial score (nSPS) is 12.5. The summed E-state index contributed by atoms with van der Waals surface area (Å²) in [6.45, 7) is 5.28. The minimum absolute atomic E-state index is 0.272. The Bertz CT molecular complexity index is 647. The number of rotatable bonds is 11. The van der Waals surface area contributed by atoms with Gasteiger partial charge < -0.3 is 9.84 Å². The number of allylic oxidation sites excluding steroid dienone is 1. The predicted octanol–water partition coefficient (Wildman–Crippen LogP) is 6.23. The van der Waals surface area contributed by atoms with Crippen molar-refractivity contribution < 1.29 is 9.84 Å². The third-order valence-electron chi connectivity index (χ3n) is 4.39. The van der Waals surface area contributed by atoms with Crippen LogP contribution in [0.4, 0.5) is 0 Å². The third kappa shape index (κ3) is 7.40. The number of aromatic nitrogens is 1. The maximum atomic E-state index is 9.35. The van der Waals surface area contributed by atoms with E-state index in [2.05, 4.69) is 37.0 Å². The Kier molecular flexibility index (Phi) is 8.91. The molecule has 3 nitrogen and oxygen atoms in total. The monoisotopic (exact) mass is 353 g/mol. The van der Waals surface area contributed by atoms with Gasteiger partial charge in [0, 0.05) is 18.4 Å². The summed E-state index contributed by atoms with van der Waals surface area (Å²) in [7, 11) is 0. The van der Waals surface area contributed by atoms with E-state index in [1.165, 1.54) is 19.3 Å². The van der Waals surface area contributed by atoms with Gasteiger partial charge in [0.1, 0.15) is 5.75 Å². The van der Waals surface area contributed by atoms with Crippen LogP contribution in [-0.4, -0.2) is 22.8 Å². The van der Waals surface area contributed by atoms with E-state index in [1.807, 2.05) is 24.4 Å². The second-order valence-corrected chi connectivity index (χ2v) is 6.75. The lowest BCUT2D eigenvalue weighted by atomic mass is 10.1. The van der Waals surface area contributed by atoms with Crippen molar-refractivity contribution in [1.82, 2.24) is 4.98 Å². The third-order valence-corrected chi connectivity index (χ3v) is 4.39. The summed E-state index contributed by atoms with van der Waals surface area (Å²) < 4.78 is 5.82. The van der Waals surface area contributed by atoms with E-state index in [0.29, 0.717) is 6.10 Å². The Morgan fingerprint density at radius 3 is 2.58 bits per heavy atom. The van der Waals surface area contributed by atoms with Crippen molar-refractivity contribution in [2.45, 2.75) is 58.5 Å². The zero-order valence-electron chi connectivity index (χ0n) is 16.0. The van der Waals surface area contributed by atoms with Crippen molar-refractivity contribution in [1.29, 1.82) is 0 Å². The van der Waals surface area contributed by atoms with E-state index < -0.39 is 0 Å². The van der Waals surface area contributed by atoms with Crippen LogP contribution in [0.15, 0.2) is 48.7 Å². The highest BCUT2D eigenvalue weighted by Gasteiger charge is 2.01. The molecule has 1 heterocycles. The van der Waals surface area contributed by atoms with Crippen molar-refractivity contribution in [2.24, 2.45) is 0 Å². The van der Waals surface area contributed by atoms with Crippen molar-refractivity contribution in [3.63, 3.8) is 0 Å². The molecular formula is C23H31NO2. The molecule has 2 rings (SSSR count). The molecule has 0 radical (unpaired) electrons. The minimum Gasteiger partial charge on any atom is -0.508 e. The quantitative estimate of drug-likeness (QED) is 0.487. The summed E-state index contributed by atoms with van der Waals surface area (Å²) in [4.78, 5) is 4.50. The van der Waals surface area contributed by atoms with Crippen LogP contribution >= 0.6 is 0 Å². The van der Waals surface area contributed by atoms with Crippen LogP contribution in [-0.2, 0) is 4.74 Å². The molecule has 0 spiro atoms. The largest absolute Gasteiger partial charge is 0.508 e. The van der Waals surface area contributed by atoms with Crippen molar-refractivity contribution in [3.05, 3.63) is 54.2 Å². The Morgan fingerprint density at radius 2 is 1.88 bits per heavy atom. The second-order valence-electron chi connectivity index (χ2n) is 6.75. The summed E-state index contributed by atoms with van der Waals surface area (Å²) in [5, 5.41) is 9.35. The van der Waals surface area contributed by atoms with Crippen molar-refractivity contribution in [3.8, 4) is 17.0 Å². The van der Waals surface area contributed by atoms with Gasteiger partial charge in [-0.1, -0.05) is 38.0 Å². The van der Waals surface area contributed by atoms with Gasteiger partial charge in [-0.2, -0.15) is 0 Å². The number of unbranched alkanes of at least 4 members (excludes halogenated alkanes) is 3. The van der Waals surface area contributed by atoms with Crippen LogP contribution in [0.2, 0.25) is 0 Å². The van der Waals surface area contributed by atoms with Gasteiger partial charge in [0.2, 0.25) is 0 Å². The molecule has 1 aromatic carbocycles. The lowest BCUT2D eigenvalue weighted by molar-refractivity contribution is 0.0566. The van der Waals surface area contributed by atoms with Crippen LogP contribution in [0.1, 0.15) is 57.9 Å². The molecule has 0 aliphatic carbocycles. The molecule has 140 valence electrons. The number of benzene rings is 1. The Balaban J connectivity index is 1.69. The van der Waals surface area contributed by atoms with E-state index in [4.69, 9.17) is 4.74 Å². The lowest BCUT2D eigenvalue weighted by Gasteiger charge is -2.11. The van der Waals surface area contributed by atoms with Gasteiger partial charge in [0.05, 0.1) is 11.8 Å². The molecule has 0 saturated heterocycles. The lowest BCUT2D eigenvalue weighted by Crippen LogP contribution is -2.08. The average molecular weight is 354 g/mol. The van der Waals surface area contributed by atoms with E-state index in [9.17, 15) is 5.11 Å². The van der Waals surface area contributed by atoms with E-state index in [-0.39, 0.29) is 5.75 Å². The first-order valence-corrected chi connectivity index (χ1v) is 9.72. The highest BCUT2D eigenvalue weighted by molar-refractivity contribution is 5.61. The van der Waals surface area contributed by atoms with Gasteiger partial charge in [-0.25, -0.2) is 0 Å². The Labute approximate surface area is 157 Å². The molecule has 0 saturated carbocycles. The molecular weight excluding hydrogens is 322 g/mol. The second kappa shape index (κ2) is 11.5.